The average molecular weight is 529 g/mol. The fourth-order valence-corrected chi connectivity index (χ4v) is 5.29. The minimum absolute atomic E-state index is 0.0444. The van der Waals surface area contributed by atoms with Crippen LogP contribution in [0.15, 0.2) is 30.3 Å². The molecule has 1 amide bonds. The highest BCUT2D eigenvalue weighted by molar-refractivity contribution is 7.89. The normalized spacial score (nSPS) is 19.3. The first-order valence-corrected chi connectivity index (χ1v) is 14.0. The summed E-state index contributed by atoms with van der Waals surface area (Å²) in [6.45, 7) is 7.13. The molecule has 6 nitrogen and oxygen atoms in total. The van der Waals surface area contributed by atoms with E-state index in [0.29, 0.717) is 17.8 Å². The Morgan fingerprint density at radius 3 is 2.31 bits per heavy atom. The van der Waals surface area contributed by atoms with Crippen LogP contribution in [0.2, 0.25) is 0 Å². The van der Waals surface area contributed by atoms with Crippen LogP contribution in [-0.4, -0.2) is 33.2 Å². The lowest BCUT2D eigenvalue weighted by Crippen LogP contribution is -2.31. The van der Waals surface area contributed by atoms with E-state index >= 15 is 0 Å². The first kappa shape index (κ1) is 28.2. The maximum absolute atomic E-state index is 14.1. The van der Waals surface area contributed by atoms with Crippen molar-refractivity contribution in [1.29, 1.82) is 0 Å². The highest BCUT2D eigenvalue weighted by atomic mass is 32.2. The number of nitrogens with one attached hydrogen (secondary N) is 2. The molecule has 2 aromatic carbocycles. The van der Waals surface area contributed by atoms with E-state index in [1.807, 2.05) is 4.72 Å². The second-order valence-electron chi connectivity index (χ2n) is 10.7. The number of fused-ring (bicyclic) bond motifs is 1. The number of halogens is 3. The lowest BCUT2D eigenvalue weighted by atomic mass is 9.72. The molecular formula is C26H35F3N2O4S. The van der Waals surface area contributed by atoms with Crippen LogP contribution in [0.4, 0.5) is 13.2 Å². The molecule has 36 heavy (non-hydrogen) atoms. The van der Waals surface area contributed by atoms with Crippen LogP contribution in [0, 0.1) is 11.3 Å². The zero-order chi connectivity index (χ0) is 26.7. The quantitative estimate of drug-likeness (QED) is 0.449. The summed E-state index contributed by atoms with van der Waals surface area (Å²) in [6, 6.07) is 7.79. The van der Waals surface area contributed by atoms with Crippen molar-refractivity contribution in [2.75, 3.05) is 12.8 Å². The summed E-state index contributed by atoms with van der Waals surface area (Å²) in [5.41, 5.74) is 0.170. The molecule has 1 fully saturated rings. The molecule has 0 bridgehead atoms. The van der Waals surface area contributed by atoms with Gasteiger partial charge in [-0.05, 0) is 65.5 Å². The Hall–Kier alpha value is -2.33. The third kappa shape index (κ3) is 7.83. The summed E-state index contributed by atoms with van der Waals surface area (Å²) in [5.74, 6) is -0.216. The van der Waals surface area contributed by atoms with Gasteiger partial charge in [-0.25, -0.2) is 8.42 Å². The Balaban J connectivity index is 1.70. The van der Waals surface area contributed by atoms with Gasteiger partial charge in [-0.3, -0.25) is 9.52 Å². The van der Waals surface area contributed by atoms with Gasteiger partial charge < -0.3 is 10.1 Å². The number of sulfonamides is 1. The van der Waals surface area contributed by atoms with E-state index in [1.54, 1.807) is 18.2 Å². The molecule has 3 rings (SSSR count). The van der Waals surface area contributed by atoms with Crippen molar-refractivity contribution < 1.29 is 31.1 Å². The van der Waals surface area contributed by atoms with Crippen LogP contribution in [0.25, 0.3) is 10.8 Å². The van der Waals surface area contributed by atoms with Crippen LogP contribution in [0.5, 0.6) is 5.75 Å². The Kier molecular flexibility index (Phi) is 8.60. The smallest absolute Gasteiger partial charge is 0.420 e. The zero-order valence-corrected chi connectivity index (χ0v) is 22.0. The second-order valence-corrected chi connectivity index (χ2v) is 12.4. The maximum Gasteiger partial charge on any atom is 0.420 e. The highest BCUT2D eigenvalue weighted by Gasteiger charge is 2.38. The van der Waals surface area contributed by atoms with E-state index in [9.17, 15) is 26.4 Å². The van der Waals surface area contributed by atoms with E-state index in [4.69, 9.17) is 4.74 Å². The molecular weight excluding hydrogens is 493 g/mol. The molecule has 0 unspecified atom stereocenters. The van der Waals surface area contributed by atoms with E-state index < -0.39 is 27.7 Å². The Labute approximate surface area is 211 Å². The van der Waals surface area contributed by atoms with Crippen molar-refractivity contribution >= 4 is 26.7 Å². The predicted octanol–water partition coefficient (Wildman–Crippen LogP) is 5.40. The van der Waals surface area contributed by atoms with Gasteiger partial charge in [0.2, 0.25) is 15.9 Å². The fraction of sp³-hybridized carbons (Fsp3) is 0.577. The number of rotatable bonds is 8. The molecule has 1 aliphatic rings. The highest BCUT2D eigenvalue weighted by Crippen LogP contribution is 2.44. The third-order valence-corrected chi connectivity index (χ3v) is 7.28. The van der Waals surface area contributed by atoms with Crippen molar-refractivity contribution in [3.63, 3.8) is 0 Å². The topological polar surface area (TPSA) is 84.5 Å². The molecule has 0 radical (unpaired) electrons. The third-order valence-electron chi connectivity index (χ3n) is 6.68. The van der Waals surface area contributed by atoms with E-state index in [0.717, 1.165) is 37.5 Å². The molecule has 10 heteroatoms. The van der Waals surface area contributed by atoms with E-state index in [-0.39, 0.29) is 35.6 Å². The number of hydrogen-bond donors (Lipinski definition) is 2. The lowest BCUT2D eigenvalue weighted by Gasteiger charge is -2.37. The largest absolute Gasteiger partial charge is 0.490 e. The maximum atomic E-state index is 14.1. The first-order chi connectivity index (χ1) is 16.6. The average Bonchev–Trinajstić information content (AvgIpc) is 2.74. The van der Waals surface area contributed by atoms with E-state index in [1.165, 1.54) is 12.1 Å². The van der Waals surface area contributed by atoms with Crippen molar-refractivity contribution in [2.45, 2.75) is 71.7 Å². The molecule has 0 aliphatic heterocycles. The van der Waals surface area contributed by atoms with Crippen LogP contribution in [-0.2, 0) is 27.5 Å². The SMILES string of the molecule is CC(C)(C)[C@H]1CC[C@H](Oc2ccc3cc(CNCCC(=O)NS(C)(=O)=O)ccc3c2C(F)(F)F)CC1. The molecule has 0 spiro atoms. The number of alkyl halides is 3. The van der Waals surface area contributed by atoms with Gasteiger partial charge in [-0.15, -0.1) is 0 Å². The summed E-state index contributed by atoms with van der Waals surface area (Å²) in [5, 5.41) is 3.53. The Bertz CT molecular complexity index is 1180. The van der Waals surface area contributed by atoms with Crippen LogP contribution in [0.1, 0.15) is 64.0 Å². The van der Waals surface area contributed by atoms with Gasteiger partial charge in [0.25, 0.3) is 0 Å². The monoisotopic (exact) mass is 528 g/mol. The van der Waals surface area contributed by atoms with Gasteiger partial charge in [0, 0.05) is 19.5 Å². The molecule has 2 aromatic rings. The zero-order valence-electron chi connectivity index (χ0n) is 21.2. The number of hydrogen-bond acceptors (Lipinski definition) is 5. The molecule has 1 saturated carbocycles. The summed E-state index contributed by atoms with van der Waals surface area (Å²) < 4.78 is 72.3. The minimum atomic E-state index is -4.57. The van der Waals surface area contributed by atoms with Crippen molar-refractivity contribution in [1.82, 2.24) is 10.0 Å². The van der Waals surface area contributed by atoms with Crippen molar-refractivity contribution in [2.24, 2.45) is 11.3 Å². The molecule has 200 valence electrons. The second kappa shape index (κ2) is 11.0. The number of amides is 1. The summed E-state index contributed by atoms with van der Waals surface area (Å²) in [7, 11) is -3.60. The number of ether oxygens (including phenoxy) is 1. The van der Waals surface area contributed by atoms with Crippen molar-refractivity contribution in [3.8, 4) is 5.75 Å². The number of carbonyl (C=O) groups excluding carboxylic acids is 1. The van der Waals surface area contributed by atoms with Crippen LogP contribution in [0.3, 0.4) is 0 Å². The van der Waals surface area contributed by atoms with Crippen LogP contribution < -0.4 is 14.8 Å². The number of benzene rings is 2. The Morgan fingerprint density at radius 1 is 1.06 bits per heavy atom. The summed E-state index contributed by atoms with van der Waals surface area (Å²) in [6.07, 6.45) is -0.581. The first-order valence-electron chi connectivity index (χ1n) is 12.1. The number of carbonyl (C=O) groups is 1. The van der Waals surface area contributed by atoms with Crippen molar-refractivity contribution in [3.05, 3.63) is 41.5 Å². The molecule has 1 aliphatic carbocycles. The minimum Gasteiger partial charge on any atom is -0.490 e. The van der Waals surface area contributed by atoms with Gasteiger partial charge in [0.15, 0.2) is 0 Å². The molecule has 0 heterocycles. The molecule has 0 saturated heterocycles. The summed E-state index contributed by atoms with van der Waals surface area (Å²) >= 11 is 0. The van der Waals surface area contributed by atoms with Crippen LogP contribution >= 0.6 is 0 Å². The van der Waals surface area contributed by atoms with Gasteiger partial charge in [-0.2, -0.15) is 13.2 Å². The summed E-state index contributed by atoms with van der Waals surface area (Å²) in [4.78, 5) is 11.6. The molecule has 0 atom stereocenters. The van der Waals surface area contributed by atoms with Gasteiger partial charge in [0.1, 0.15) is 11.3 Å². The predicted molar refractivity (Wildman–Crippen MR) is 134 cm³/mol. The Morgan fingerprint density at radius 2 is 1.72 bits per heavy atom. The lowest BCUT2D eigenvalue weighted by molar-refractivity contribution is -0.138. The van der Waals surface area contributed by atoms with E-state index in [2.05, 4.69) is 26.1 Å². The standard InChI is InChI=1S/C26H35F3N2O4S/c1-25(2,3)19-7-9-20(10-8-19)35-22-12-6-18-15-17(5-11-21(18)24(22)26(27,28)29)16-30-14-13-23(32)31-36(4,33)34/h5-6,11-12,15,19-20,30H,7-10,13-14,16H2,1-4H3,(H,31,32)/t19-,20-. The van der Waals surface area contributed by atoms with Gasteiger partial charge in [-0.1, -0.05) is 39.0 Å². The van der Waals surface area contributed by atoms with Gasteiger partial charge in [0.05, 0.1) is 12.4 Å². The molecule has 0 aromatic heterocycles. The van der Waals surface area contributed by atoms with Gasteiger partial charge >= 0.3 is 6.18 Å². The fourth-order valence-electron chi connectivity index (χ4n) is 4.78. The molecule has 2 N–H and O–H groups in total.